The predicted octanol–water partition coefficient (Wildman–Crippen LogP) is 1.86. The molecule has 0 spiro atoms. The van der Waals surface area contributed by atoms with Crippen molar-refractivity contribution in [2.24, 2.45) is 0 Å². The topological polar surface area (TPSA) is 110 Å². The van der Waals surface area contributed by atoms with E-state index in [2.05, 4.69) is 15.8 Å². The van der Waals surface area contributed by atoms with Crippen LogP contribution in [-0.4, -0.2) is 45.3 Å². The molecule has 3 heterocycles. The second-order valence-corrected chi connectivity index (χ2v) is 8.12. The van der Waals surface area contributed by atoms with Crippen molar-refractivity contribution in [2.45, 2.75) is 6.42 Å². The lowest BCUT2D eigenvalue weighted by molar-refractivity contribution is -0.124. The molecule has 158 valence electrons. The van der Waals surface area contributed by atoms with Gasteiger partial charge < -0.3 is 9.47 Å². The lowest BCUT2D eigenvalue weighted by Gasteiger charge is -2.14. The Labute approximate surface area is 186 Å². The molecule has 0 bridgehead atoms. The zero-order valence-electron chi connectivity index (χ0n) is 16.0. The van der Waals surface area contributed by atoms with Gasteiger partial charge in [0, 0.05) is 25.4 Å². The van der Waals surface area contributed by atoms with E-state index in [1.54, 1.807) is 36.5 Å². The molecule has 1 fully saturated rings. The maximum absolute atomic E-state index is 12.7. The number of ether oxygens (including phenoxy) is 2. The van der Waals surface area contributed by atoms with Gasteiger partial charge in [0.2, 0.25) is 12.7 Å². The molecule has 1 aromatic heterocycles. The van der Waals surface area contributed by atoms with Crippen LogP contribution in [0.3, 0.4) is 0 Å². The van der Waals surface area contributed by atoms with Gasteiger partial charge in [0.15, 0.2) is 11.5 Å². The van der Waals surface area contributed by atoms with Crippen molar-refractivity contribution in [1.29, 1.82) is 0 Å². The minimum absolute atomic E-state index is 0.0307. The number of rotatable bonds is 5. The van der Waals surface area contributed by atoms with Gasteiger partial charge in [-0.05, 0) is 35.9 Å². The van der Waals surface area contributed by atoms with E-state index >= 15 is 0 Å². The average molecular weight is 457 g/mol. The number of benzene rings is 1. The number of thiocarbonyl (C=S) groups is 1. The van der Waals surface area contributed by atoms with Gasteiger partial charge in [-0.25, -0.2) is 0 Å². The van der Waals surface area contributed by atoms with E-state index in [1.165, 1.54) is 22.9 Å². The Morgan fingerprint density at radius 3 is 2.87 bits per heavy atom. The SMILES string of the molecule is O=C(CCN1C(=O)C(=Cc2ccc3c(c2)OCO3)SC1=S)NNC(=O)c1cccnc1. The number of amides is 3. The van der Waals surface area contributed by atoms with Crippen molar-refractivity contribution >= 4 is 52.1 Å². The highest BCUT2D eigenvalue weighted by Crippen LogP contribution is 2.36. The van der Waals surface area contributed by atoms with Gasteiger partial charge in [0.1, 0.15) is 4.32 Å². The molecular formula is C20H16N4O5S2. The van der Waals surface area contributed by atoms with Gasteiger partial charge in [-0.1, -0.05) is 30.0 Å². The van der Waals surface area contributed by atoms with Crippen molar-refractivity contribution < 1.29 is 23.9 Å². The van der Waals surface area contributed by atoms with E-state index < -0.39 is 11.8 Å². The minimum Gasteiger partial charge on any atom is -0.454 e. The second kappa shape index (κ2) is 9.14. The van der Waals surface area contributed by atoms with E-state index in [1.807, 2.05) is 6.07 Å². The van der Waals surface area contributed by atoms with Crippen LogP contribution in [0.2, 0.25) is 0 Å². The first-order valence-electron chi connectivity index (χ1n) is 9.15. The van der Waals surface area contributed by atoms with Gasteiger partial charge in [-0.15, -0.1) is 0 Å². The summed E-state index contributed by atoms with van der Waals surface area (Å²) < 4.78 is 11.0. The number of nitrogens with zero attached hydrogens (tertiary/aromatic N) is 2. The fourth-order valence-corrected chi connectivity index (χ4v) is 4.13. The number of fused-ring (bicyclic) bond motifs is 1. The highest BCUT2D eigenvalue weighted by molar-refractivity contribution is 8.26. The molecule has 1 aromatic carbocycles. The molecule has 3 amide bonds. The summed E-state index contributed by atoms with van der Waals surface area (Å²) in [6.07, 6.45) is 4.61. The monoisotopic (exact) mass is 456 g/mol. The molecule has 1 saturated heterocycles. The lowest BCUT2D eigenvalue weighted by atomic mass is 10.2. The molecule has 0 unspecified atom stereocenters. The number of hydrazine groups is 1. The van der Waals surface area contributed by atoms with Crippen molar-refractivity contribution in [3.63, 3.8) is 0 Å². The zero-order valence-corrected chi connectivity index (χ0v) is 17.6. The van der Waals surface area contributed by atoms with E-state index in [0.717, 1.165) is 5.56 Å². The minimum atomic E-state index is -0.487. The van der Waals surface area contributed by atoms with Crippen LogP contribution >= 0.6 is 24.0 Å². The summed E-state index contributed by atoms with van der Waals surface area (Å²) in [6.45, 7) is 0.267. The predicted molar refractivity (Wildman–Crippen MR) is 117 cm³/mol. The quantitative estimate of drug-likeness (QED) is 0.399. The van der Waals surface area contributed by atoms with E-state index in [9.17, 15) is 14.4 Å². The molecule has 31 heavy (non-hydrogen) atoms. The summed E-state index contributed by atoms with van der Waals surface area (Å²) in [5.41, 5.74) is 5.71. The van der Waals surface area contributed by atoms with Gasteiger partial charge in [0.25, 0.3) is 11.8 Å². The number of thioether (sulfide) groups is 1. The van der Waals surface area contributed by atoms with Crippen LogP contribution in [0, 0.1) is 0 Å². The number of carbonyl (C=O) groups is 3. The molecule has 2 N–H and O–H groups in total. The maximum Gasteiger partial charge on any atom is 0.271 e. The molecule has 9 nitrogen and oxygen atoms in total. The fourth-order valence-electron chi connectivity index (χ4n) is 2.82. The number of hydrogen-bond donors (Lipinski definition) is 2. The second-order valence-electron chi connectivity index (χ2n) is 6.44. The normalized spacial score (nSPS) is 16.0. The van der Waals surface area contributed by atoms with Gasteiger partial charge in [-0.3, -0.25) is 35.1 Å². The van der Waals surface area contributed by atoms with E-state index in [4.69, 9.17) is 21.7 Å². The summed E-state index contributed by atoms with van der Waals surface area (Å²) in [5, 5.41) is 0. The largest absolute Gasteiger partial charge is 0.454 e. The van der Waals surface area contributed by atoms with Crippen LogP contribution in [0.5, 0.6) is 11.5 Å². The van der Waals surface area contributed by atoms with Crippen molar-refractivity contribution in [1.82, 2.24) is 20.7 Å². The zero-order chi connectivity index (χ0) is 21.8. The van der Waals surface area contributed by atoms with Crippen molar-refractivity contribution in [3.8, 4) is 11.5 Å². The van der Waals surface area contributed by atoms with Crippen LogP contribution in [0.1, 0.15) is 22.3 Å². The van der Waals surface area contributed by atoms with Crippen molar-refractivity contribution in [2.75, 3.05) is 13.3 Å². The molecule has 11 heteroatoms. The third kappa shape index (κ3) is 4.84. The van der Waals surface area contributed by atoms with Gasteiger partial charge in [0.05, 0.1) is 10.5 Å². The van der Waals surface area contributed by atoms with Crippen LogP contribution in [-0.2, 0) is 9.59 Å². The average Bonchev–Trinajstić information content (AvgIpc) is 3.35. The van der Waals surface area contributed by atoms with Crippen LogP contribution in [0.25, 0.3) is 6.08 Å². The summed E-state index contributed by atoms with van der Waals surface area (Å²) in [7, 11) is 0. The molecule has 2 aromatic rings. The summed E-state index contributed by atoms with van der Waals surface area (Å²) in [6, 6.07) is 8.56. The third-order valence-electron chi connectivity index (χ3n) is 4.37. The summed E-state index contributed by atoms with van der Waals surface area (Å²) >= 11 is 6.45. The highest BCUT2D eigenvalue weighted by Gasteiger charge is 2.32. The molecule has 2 aliphatic heterocycles. The number of hydrogen-bond acceptors (Lipinski definition) is 8. The van der Waals surface area contributed by atoms with Crippen molar-refractivity contribution in [3.05, 3.63) is 58.8 Å². The molecule has 0 aliphatic carbocycles. The number of carbonyl (C=O) groups excluding carboxylic acids is 3. The first-order chi connectivity index (χ1) is 15.0. The first kappa shape index (κ1) is 20.8. The first-order valence-corrected chi connectivity index (χ1v) is 10.4. The summed E-state index contributed by atoms with van der Waals surface area (Å²) in [5.74, 6) is 0.0604. The highest BCUT2D eigenvalue weighted by atomic mass is 32.2. The number of nitrogens with one attached hydrogen (secondary N) is 2. The molecule has 0 atom stereocenters. The van der Waals surface area contributed by atoms with Crippen LogP contribution < -0.4 is 20.3 Å². The van der Waals surface area contributed by atoms with E-state index in [-0.39, 0.29) is 25.7 Å². The summed E-state index contributed by atoms with van der Waals surface area (Å²) in [4.78, 5) is 42.3. The standard InChI is InChI=1S/C20H16N4O5S2/c25-17(22-23-18(26)13-2-1-6-21-10-13)5-7-24-19(27)16(31-20(24)30)9-12-3-4-14-15(8-12)29-11-28-14/h1-4,6,8-10H,5,7,11H2,(H,22,25)(H,23,26). The Morgan fingerprint density at radius 1 is 1.23 bits per heavy atom. The molecular weight excluding hydrogens is 440 g/mol. The van der Waals surface area contributed by atoms with Gasteiger partial charge in [-0.2, -0.15) is 0 Å². The number of pyridine rings is 1. The fraction of sp³-hybridized carbons (Fsp3) is 0.150. The Morgan fingerprint density at radius 2 is 2.06 bits per heavy atom. The van der Waals surface area contributed by atoms with Crippen LogP contribution in [0.15, 0.2) is 47.6 Å². The molecule has 0 saturated carbocycles. The maximum atomic E-state index is 12.7. The Kier molecular flexibility index (Phi) is 6.14. The lowest BCUT2D eigenvalue weighted by Crippen LogP contribution is -2.43. The Balaban J connectivity index is 1.31. The molecule has 0 radical (unpaired) electrons. The smallest absolute Gasteiger partial charge is 0.271 e. The molecule has 2 aliphatic rings. The van der Waals surface area contributed by atoms with E-state index in [0.29, 0.717) is 26.3 Å². The molecule has 4 rings (SSSR count). The third-order valence-corrected chi connectivity index (χ3v) is 5.75. The number of aromatic nitrogens is 1. The van der Waals surface area contributed by atoms with Crippen LogP contribution in [0.4, 0.5) is 0 Å². The van der Waals surface area contributed by atoms with Gasteiger partial charge >= 0.3 is 0 Å². The Bertz CT molecular complexity index is 1090. The Hall–Kier alpha value is -3.44.